The zero-order valence-electron chi connectivity index (χ0n) is 11.4. The third kappa shape index (κ3) is 5.58. The minimum atomic E-state index is -4.59. The maximum absolute atomic E-state index is 12.5. The van der Waals surface area contributed by atoms with E-state index in [1.807, 2.05) is 0 Å². The first kappa shape index (κ1) is 17.2. The van der Waals surface area contributed by atoms with E-state index in [1.54, 1.807) is 0 Å². The topological polar surface area (TPSA) is 81.2 Å². The second-order valence-corrected chi connectivity index (χ2v) is 4.62. The lowest BCUT2D eigenvalue weighted by molar-refractivity contribution is -0.384. The second-order valence-electron chi connectivity index (χ2n) is 4.62. The Morgan fingerprint density at radius 2 is 1.86 bits per heavy atom. The molecule has 8 heteroatoms. The molecule has 1 rings (SSSR count). The van der Waals surface area contributed by atoms with Gasteiger partial charge in [-0.3, -0.25) is 10.1 Å². The zero-order chi connectivity index (χ0) is 15.9. The molecule has 0 aromatic heterocycles. The number of nitro groups is 1. The van der Waals surface area contributed by atoms with E-state index in [0.717, 1.165) is 37.8 Å². The quantitative estimate of drug-likeness (QED) is 0.437. The van der Waals surface area contributed by atoms with Crippen LogP contribution in [-0.2, 0) is 6.18 Å². The molecule has 0 aliphatic carbocycles. The fraction of sp³-hybridized carbons (Fsp3) is 0.538. The Morgan fingerprint density at radius 1 is 1.19 bits per heavy atom. The monoisotopic (exact) mass is 305 g/mol. The van der Waals surface area contributed by atoms with Gasteiger partial charge in [0, 0.05) is 12.6 Å². The summed E-state index contributed by atoms with van der Waals surface area (Å²) in [5.74, 6) is 0. The van der Waals surface area contributed by atoms with E-state index in [1.165, 1.54) is 0 Å². The average molecular weight is 305 g/mol. The normalized spacial score (nSPS) is 11.4. The maximum Gasteiger partial charge on any atom is 0.416 e. The molecule has 0 saturated heterocycles. The van der Waals surface area contributed by atoms with Crippen molar-refractivity contribution in [2.24, 2.45) is 5.73 Å². The number of hydrogen-bond donors (Lipinski definition) is 2. The van der Waals surface area contributed by atoms with Crippen LogP contribution in [0.15, 0.2) is 18.2 Å². The van der Waals surface area contributed by atoms with Crippen molar-refractivity contribution in [2.45, 2.75) is 31.9 Å². The van der Waals surface area contributed by atoms with E-state index in [2.05, 4.69) is 5.32 Å². The molecule has 3 N–H and O–H groups in total. The van der Waals surface area contributed by atoms with Crippen molar-refractivity contribution in [3.05, 3.63) is 33.9 Å². The van der Waals surface area contributed by atoms with Gasteiger partial charge in [0.1, 0.15) is 5.69 Å². The van der Waals surface area contributed by atoms with Crippen LogP contribution >= 0.6 is 0 Å². The number of nitrogens with zero attached hydrogens (tertiary/aromatic N) is 1. The van der Waals surface area contributed by atoms with Crippen LogP contribution in [0.3, 0.4) is 0 Å². The Bertz CT molecular complexity index is 478. The van der Waals surface area contributed by atoms with Crippen LogP contribution in [0.25, 0.3) is 0 Å². The third-order valence-corrected chi connectivity index (χ3v) is 2.97. The summed E-state index contributed by atoms with van der Waals surface area (Å²) < 4.78 is 37.6. The Morgan fingerprint density at radius 3 is 2.43 bits per heavy atom. The van der Waals surface area contributed by atoms with E-state index in [4.69, 9.17) is 5.73 Å². The molecular formula is C13H18F3N3O2. The van der Waals surface area contributed by atoms with Gasteiger partial charge in [-0.05, 0) is 31.5 Å². The number of rotatable bonds is 8. The number of benzene rings is 1. The molecule has 0 fully saturated rings. The highest BCUT2D eigenvalue weighted by molar-refractivity contribution is 5.62. The van der Waals surface area contributed by atoms with Crippen molar-refractivity contribution in [3.8, 4) is 0 Å². The van der Waals surface area contributed by atoms with E-state index in [-0.39, 0.29) is 5.69 Å². The number of nitrogens with one attached hydrogen (secondary N) is 1. The molecule has 0 heterocycles. The number of alkyl halides is 3. The zero-order valence-corrected chi connectivity index (χ0v) is 11.4. The lowest BCUT2D eigenvalue weighted by Gasteiger charge is -2.10. The van der Waals surface area contributed by atoms with E-state index in [0.29, 0.717) is 19.2 Å². The number of unbranched alkanes of at least 4 members (excludes halogenated alkanes) is 3. The number of hydrogen-bond acceptors (Lipinski definition) is 4. The molecule has 0 amide bonds. The largest absolute Gasteiger partial charge is 0.416 e. The van der Waals surface area contributed by atoms with Crippen molar-refractivity contribution < 1.29 is 18.1 Å². The van der Waals surface area contributed by atoms with Crippen LogP contribution in [0.2, 0.25) is 0 Å². The van der Waals surface area contributed by atoms with Crippen LogP contribution < -0.4 is 11.1 Å². The standard InChI is InChI=1S/C13H18F3N3O2/c14-13(15,16)10-5-6-11(12(9-10)19(20)21)18-8-4-2-1-3-7-17/h5-6,9,18H,1-4,7-8,17H2. The summed E-state index contributed by atoms with van der Waals surface area (Å²) in [5.41, 5.74) is 3.87. The van der Waals surface area contributed by atoms with Gasteiger partial charge in [0.2, 0.25) is 0 Å². The van der Waals surface area contributed by atoms with Gasteiger partial charge >= 0.3 is 6.18 Å². The minimum Gasteiger partial charge on any atom is -0.379 e. The van der Waals surface area contributed by atoms with Crippen molar-refractivity contribution >= 4 is 11.4 Å². The molecule has 0 unspecified atom stereocenters. The number of nitrogens with two attached hydrogens (primary N) is 1. The Kier molecular flexibility index (Phi) is 6.41. The molecule has 21 heavy (non-hydrogen) atoms. The van der Waals surface area contributed by atoms with Crippen LogP contribution in [0.1, 0.15) is 31.2 Å². The lowest BCUT2D eigenvalue weighted by atomic mass is 10.1. The number of anilines is 1. The number of halogens is 3. The lowest BCUT2D eigenvalue weighted by Crippen LogP contribution is -2.09. The van der Waals surface area contributed by atoms with Crippen molar-refractivity contribution in [2.75, 3.05) is 18.4 Å². The van der Waals surface area contributed by atoms with Gasteiger partial charge in [0.25, 0.3) is 5.69 Å². The Labute approximate surface area is 120 Å². The SMILES string of the molecule is NCCCCCCNc1ccc(C(F)(F)F)cc1[N+](=O)[O-]. The van der Waals surface area contributed by atoms with Gasteiger partial charge in [0.05, 0.1) is 10.5 Å². The third-order valence-electron chi connectivity index (χ3n) is 2.97. The van der Waals surface area contributed by atoms with Crippen molar-refractivity contribution in [3.63, 3.8) is 0 Å². The molecule has 0 atom stereocenters. The fourth-order valence-corrected chi connectivity index (χ4v) is 1.85. The molecule has 118 valence electrons. The first-order valence-corrected chi connectivity index (χ1v) is 6.66. The molecule has 0 aliphatic rings. The fourth-order valence-electron chi connectivity index (χ4n) is 1.85. The first-order valence-electron chi connectivity index (χ1n) is 6.66. The van der Waals surface area contributed by atoms with Crippen LogP contribution in [0.5, 0.6) is 0 Å². The molecular weight excluding hydrogens is 287 g/mol. The summed E-state index contributed by atoms with van der Waals surface area (Å²) in [5, 5.41) is 13.7. The molecule has 1 aromatic rings. The van der Waals surface area contributed by atoms with E-state index < -0.39 is 22.4 Å². The summed E-state index contributed by atoms with van der Waals surface area (Å²) in [6, 6.07) is 2.49. The molecule has 0 radical (unpaired) electrons. The first-order chi connectivity index (χ1) is 9.86. The van der Waals surface area contributed by atoms with Crippen LogP contribution in [0, 0.1) is 10.1 Å². The average Bonchev–Trinajstić information content (AvgIpc) is 2.41. The highest BCUT2D eigenvalue weighted by atomic mass is 19.4. The van der Waals surface area contributed by atoms with Crippen LogP contribution in [0.4, 0.5) is 24.5 Å². The Balaban J connectivity index is 2.67. The van der Waals surface area contributed by atoms with Gasteiger partial charge in [0.15, 0.2) is 0 Å². The summed E-state index contributed by atoms with van der Waals surface area (Å²) in [7, 11) is 0. The predicted molar refractivity (Wildman–Crippen MR) is 74.1 cm³/mol. The van der Waals surface area contributed by atoms with Crippen molar-refractivity contribution in [1.29, 1.82) is 0 Å². The molecule has 0 bridgehead atoms. The van der Waals surface area contributed by atoms with Gasteiger partial charge in [-0.15, -0.1) is 0 Å². The molecule has 0 aliphatic heterocycles. The smallest absolute Gasteiger partial charge is 0.379 e. The van der Waals surface area contributed by atoms with E-state index >= 15 is 0 Å². The Hall–Kier alpha value is -1.83. The summed E-state index contributed by atoms with van der Waals surface area (Å²) >= 11 is 0. The van der Waals surface area contributed by atoms with Gasteiger partial charge in [-0.1, -0.05) is 12.8 Å². The number of nitro benzene ring substituents is 1. The minimum absolute atomic E-state index is 0.104. The van der Waals surface area contributed by atoms with Gasteiger partial charge in [-0.25, -0.2) is 0 Å². The molecule has 5 nitrogen and oxygen atoms in total. The van der Waals surface area contributed by atoms with Gasteiger partial charge in [-0.2, -0.15) is 13.2 Å². The van der Waals surface area contributed by atoms with Crippen LogP contribution in [-0.4, -0.2) is 18.0 Å². The molecule has 0 saturated carbocycles. The summed E-state index contributed by atoms with van der Waals surface area (Å²) in [4.78, 5) is 10.0. The van der Waals surface area contributed by atoms with Crippen molar-refractivity contribution in [1.82, 2.24) is 0 Å². The molecule has 0 spiro atoms. The maximum atomic E-state index is 12.5. The predicted octanol–water partition coefficient (Wildman–Crippen LogP) is 3.54. The summed E-state index contributed by atoms with van der Waals surface area (Å²) in [6.07, 6.45) is -1.02. The highest BCUT2D eigenvalue weighted by Gasteiger charge is 2.32. The summed E-state index contributed by atoms with van der Waals surface area (Å²) in [6.45, 7) is 1.09. The molecule has 1 aromatic carbocycles. The second kappa shape index (κ2) is 7.82. The van der Waals surface area contributed by atoms with Gasteiger partial charge < -0.3 is 11.1 Å². The van der Waals surface area contributed by atoms with E-state index in [9.17, 15) is 23.3 Å². The highest BCUT2D eigenvalue weighted by Crippen LogP contribution is 2.34.